The molecule has 2 rings (SSSR count). The number of hydrogen-bond donors (Lipinski definition) is 1. The van der Waals surface area contributed by atoms with Crippen molar-refractivity contribution in [2.45, 2.75) is 18.9 Å². The molecule has 0 aliphatic carbocycles. The monoisotopic (exact) mass is 279 g/mol. The number of anilines is 1. The van der Waals surface area contributed by atoms with Gasteiger partial charge in [0.15, 0.2) is 0 Å². The van der Waals surface area contributed by atoms with Crippen LogP contribution in [0.1, 0.15) is 23.2 Å². The third kappa shape index (κ3) is 2.88. The van der Waals surface area contributed by atoms with Crippen LogP contribution >= 0.6 is 0 Å². The van der Waals surface area contributed by atoms with Crippen molar-refractivity contribution in [3.8, 4) is 0 Å². The van der Waals surface area contributed by atoms with Gasteiger partial charge in [0.2, 0.25) is 0 Å². The average Bonchev–Trinajstić information content (AvgIpc) is 2.47. The van der Waals surface area contributed by atoms with Gasteiger partial charge in [-0.2, -0.15) is 0 Å². The van der Waals surface area contributed by atoms with Gasteiger partial charge in [0.1, 0.15) is 0 Å². The molecule has 0 radical (unpaired) electrons. The molecule has 20 heavy (non-hydrogen) atoms. The zero-order chi connectivity index (χ0) is 14.7. The Balaban J connectivity index is 2.23. The Morgan fingerprint density at radius 2 is 2.10 bits per heavy atom. The second-order valence-electron chi connectivity index (χ2n) is 4.79. The maximum Gasteiger partial charge on any atom is 0.270 e. The molecule has 7 nitrogen and oxygen atoms in total. The van der Waals surface area contributed by atoms with Gasteiger partial charge < -0.3 is 15.4 Å². The number of nitro benzene ring substituents is 1. The summed E-state index contributed by atoms with van der Waals surface area (Å²) in [6.45, 7) is 1.24. The molecule has 1 fully saturated rings. The third-order valence-corrected chi connectivity index (χ3v) is 3.54. The van der Waals surface area contributed by atoms with Crippen molar-refractivity contribution in [1.82, 2.24) is 4.90 Å². The Hall–Kier alpha value is -2.15. The van der Waals surface area contributed by atoms with Crippen molar-refractivity contribution < 1.29 is 14.5 Å². The quantitative estimate of drug-likeness (QED) is 0.512. The minimum absolute atomic E-state index is 0.0786. The van der Waals surface area contributed by atoms with Gasteiger partial charge in [0.05, 0.1) is 10.5 Å². The predicted molar refractivity (Wildman–Crippen MR) is 73.4 cm³/mol. The first kappa shape index (κ1) is 14.3. The van der Waals surface area contributed by atoms with Gasteiger partial charge in [-0.15, -0.1) is 0 Å². The van der Waals surface area contributed by atoms with Crippen LogP contribution in [-0.4, -0.2) is 42.0 Å². The molecule has 108 valence electrons. The lowest BCUT2D eigenvalue weighted by molar-refractivity contribution is -0.384. The number of rotatable bonds is 3. The molecule has 0 aromatic heterocycles. The molecule has 0 saturated carbocycles. The van der Waals surface area contributed by atoms with Crippen molar-refractivity contribution in [3.63, 3.8) is 0 Å². The summed E-state index contributed by atoms with van der Waals surface area (Å²) in [5, 5.41) is 10.8. The van der Waals surface area contributed by atoms with Crippen LogP contribution in [0.2, 0.25) is 0 Å². The Bertz CT molecular complexity index is 526. The van der Waals surface area contributed by atoms with Gasteiger partial charge in [-0.25, -0.2) is 0 Å². The number of ether oxygens (including phenoxy) is 1. The predicted octanol–water partition coefficient (Wildman–Crippen LogP) is 1.43. The number of hydrogen-bond acceptors (Lipinski definition) is 5. The molecule has 1 aliphatic heterocycles. The SMILES string of the molecule is CN(C(=O)c1cc([N+](=O)[O-])ccc1N)C1CCOCC1. The smallest absolute Gasteiger partial charge is 0.270 e. The van der Waals surface area contributed by atoms with Crippen LogP contribution in [0.4, 0.5) is 11.4 Å². The minimum Gasteiger partial charge on any atom is -0.398 e. The normalized spacial score (nSPS) is 15.8. The fraction of sp³-hybridized carbons (Fsp3) is 0.462. The molecule has 0 unspecified atom stereocenters. The largest absolute Gasteiger partial charge is 0.398 e. The number of nitrogens with zero attached hydrogens (tertiary/aromatic N) is 2. The highest BCUT2D eigenvalue weighted by Gasteiger charge is 2.25. The standard InChI is InChI=1S/C13H17N3O4/c1-15(9-4-6-20-7-5-9)13(17)11-8-10(16(18)19)2-3-12(11)14/h2-3,8-9H,4-7,14H2,1H3. The summed E-state index contributed by atoms with van der Waals surface area (Å²) in [4.78, 5) is 24.3. The van der Waals surface area contributed by atoms with Crippen LogP contribution in [0.25, 0.3) is 0 Å². The lowest BCUT2D eigenvalue weighted by atomic mass is 10.1. The second kappa shape index (κ2) is 5.87. The first-order valence-corrected chi connectivity index (χ1v) is 6.39. The van der Waals surface area contributed by atoms with Crippen molar-refractivity contribution in [1.29, 1.82) is 0 Å². The molecular weight excluding hydrogens is 262 g/mol. The number of nitrogens with two attached hydrogens (primary N) is 1. The summed E-state index contributed by atoms with van der Waals surface area (Å²) in [6.07, 6.45) is 1.52. The number of nitrogen functional groups attached to an aromatic ring is 1. The lowest BCUT2D eigenvalue weighted by Gasteiger charge is -2.31. The van der Waals surface area contributed by atoms with Gasteiger partial charge in [-0.1, -0.05) is 0 Å². The van der Waals surface area contributed by atoms with E-state index in [1.807, 2.05) is 0 Å². The topological polar surface area (TPSA) is 98.7 Å². The fourth-order valence-electron chi connectivity index (χ4n) is 2.27. The summed E-state index contributed by atoms with van der Waals surface area (Å²) < 4.78 is 5.26. The van der Waals surface area contributed by atoms with Gasteiger partial charge in [-0.3, -0.25) is 14.9 Å². The molecule has 1 amide bonds. The van der Waals surface area contributed by atoms with E-state index in [1.54, 1.807) is 11.9 Å². The molecule has 1 aromatic carbocycles. The number of carbonyl (C=O) groups is 1. The van der Waals surface area contributed by atoms with Crippen LogP contribution in [0.3, 0.4) is 0 Å². The first-order chi connectivity index (χ1) is 9.50. The fourth-order valence-corrected chi connectivity index (χ4v) is 2.27. The van der Waals surface area contributed by atoms with Crippen molar-refractivity contribution in [2.75, 3.05) is 26.0 Å². The van der Waals surface area contributed by atoms with E-state index in [0.717, 1.165) is 12.8 Å². The summed E-state index contributed by atoms with van der Waals surface area (Å²) in [7, 11) is 1.69. The molecule has 0 atom stereocenters. The van der Waals surface area contributed by atoms with E-state index in [4.69, 9.17) is 10.5 Å². The van der Waals surface area contributed by atoms with Crippen molar-refractivity contribution in [2.24, 2.45) is 0 Å². The van der Waals surface area contributed by atoms with Crippen LogP contribution < -0.4 is 5.73 Å². The Morgan fingerprint density at radius 3 is 2.70 bits per heavy atom. The zero-order valence-electron chi connectivity index (χ0n) is 11.2. The van der Waals surface area contributed by atoms with Gasteiger partial charge in [0, 0.05) is 44.1 Å². The molecule has 1 aliphatic rings. The number of benzene rings is 1. The third-order valence-electron chi connectivity index (χ3n) is 3.54. The Kier molecular flexibility index (Phi) is 4.19. The van der Waals surface area contributed by atoms with Crippen LogP contribution in [0, 0.1) is 10.1 Å². The Labute approximate surface area is 116 Å². The average molecular weight is 279 g/mol. The molecular formula is C13H17N3O4. The number of non-ortho nitro benzene ring substituents is 1. The summed E-state index contributed by atoms with van der Waals surface area (Å²) in [5.74, 6) is -0.293. The molecule has 0 spiro atoms. The number of carbonyl (C=O) groups excluding carboxylic acids is 1. The highest BCUT2D eigenvalue weighted by atomic mass is 16.6. The maximum absolute atomic E-state index is 12.4. The highest BCUT2D eigenvalue weighted by Crippen LogP contribution is 2.23. The van der Waals surface area contributed by atoms with E-state index < -0.39 is 4.92 Å². The highest BCUT2D eigenvalue weighted by molar-refractivity contribution is 5.99. The summed E-state index contributed by atoms with van der Waals surface area (Å²) in [6, 6.07) is 3.99. The summed E-state index contributed by atoms with van der Waals surface area (Å²) in [5.41, 5.74) is 6.05. The van der Waals surface area contributed by atoms with E-state index in [9.17, 15) is 14.9 Å². The molecule has 1 aromatic rings. The first-order valence-electron chi connectivity index (χ1n) is 6.39. The van der Waals surface area contributed by atoms with Crippen LogP contribution in [0.15, 0.2) is 18.2 Å². The maximum atomic E-state index is 12.4. The van der Waals surface area contributed by atoms with E-state index >= 15 is 0 Å². The minimum atomic E-state index is -0.537. The van der Waals surface area contributed by atoms with Crippen LogP contribution in [0.5, 0.6) is 0 Å². The summed E-state index contributed by atoms with van der Waals surface area (Å²) >= 11 is 0. The van der Waals surface area contributed by atoms with E-state index in [0.29, 0.717) is 13.2 Å². The van der Waals surface area contributed by atoms with Crippen molar-refractivity contribution in [3.05, 3.63) is 33.9 Å². The van der Waals surface area contributed by atoms with Crippen LogP contribution in [-0.2, 0) is 4.74 Å². The Morgan fingerprint density at radius 1 is 1.45 bits per heavy atom. The van der Waals surface area contributed by atoms with Gasteiger partial charge in [-0.05, 0) is 18.9 Å². The molecule has 1 saturated heterocycles. The van der Waals surface area contributed by atoms with Gasteiger partial charge in [0.25, 0.3) is 11.6 Å². The molecule has 0 bridgehead atoms. The van der Waals surface area contributed by atoms with E-state index in [-0.39, 0.29) is 28.9 Å². The van der Waals surface area contributed by atoms with E-state index in [1.165, 1.54) is 18.2 Å². The number of nitro groups is 1. The molecule has 1 heterocycles. The molecule has 2 N–H and O–H groups in total. The molecule has 7 heteroatoms. The lowest BCUT2D eigenvalue weighted by Crippen LogP contribution is -2.40. The van der Waals surface area contributed by atoms with E-state index in [2.05, 4.69) is 0 Å². The zero-order valence-corrected chi connectivity index (χ0v) is 11.2. The van der Waals surface area contributed by atoms with Crippen molar-refractivity contribution >= 4 is 17.3 Å². The van der Waals surface area contributed by atoms with Gasteiger partial charge >= 0.3 is 0 Å². The second-order valence-corrected chi connectivity index (χ2v) is 4.79. The number of amides is 1.